The summed E-state index contributed by atoms with van der Waals surface area (Å²) in [5, 5.41) is 2.42. The Bertz CT molecular complexity index is 1230. The van der Waals surface area contributed by atoms with E-state index in [0.717, 1.165) is 24.0 Å². The second-order valence-electron chi connectivity index (χ2n) is 8.47. The number of alkyl halides is 4. The smallest absolute Gasteiger partial charge is 0.422 e. The van der Waals surface area contributed by atoms with Crippen LogP contribution in [0.4, 0.5) is 32.0 Å². The van der Waals surface area contributed by atoms with Crippen LogP contribution in [0.15, 0.2) is 23.3 Å². The molecule has 0 bridgehead atoms. The van der Waals surface area contributed by atoms with Gasteiger partial charge in [0.05, 0.1) is 22.2 Å². The number of nitrogens with one attached hydrogen (secondary N) is 1. The third-order valence-electron chi connectivity index (χ3n) is 5.93. The highest BCUT2D eigenvalue weighted by Gasteiger charge is 2.67. The van der Waals surface area contributed by atoms with Crippen molar-refractivity contribution in [3.05, 3.63) is 46.9 Å². The maximum absolute atomic E-state index is 14.9. The number of aryl methyl sites for hydroxylation is 1. The average Bonchev–Trinajstić information content (AvgIpc) is 3.50. The fourth-order valence-corrected chi connectivity index (χ4v) is 5.53. The number of rotatable bonds is 6. The lowest BCUT2D eigenvalue weighted by Crippen LogP contribution is -2.37. The molecule has 188 valence electrons. The topological polar surface area (TPSA) is 102 Å². The monoisotopic (exact) mass is 519 g/mol. The Kier molecular flexibility index (Phi) is 6.14. The van der Waals surface area contributed by atoms with Crippen LogP contribution in [-0.4, -0.2) is 45.2 Å². The van der Waals surface area contributed by atoms with Crippen molar-refractivity contribution in [1.82, 2.24) is 9.97 Å². The summed E-state index contributed by atoms with van der Waals surface area (Å²) < 4.78 is 83.6. The number of benzene rings is 1. The molecule has 2 aliphatic rings. The minimum absolute atomic E-state index is 0.0480. The molecule has 0 spiro atoms. The molecule has 1 aromatic carbocycles. The first-order valence-electron chi connectivity index (χ1n) is 10.2. The van der Waals surface area contributed by atoms with Gasteiger partial charge in [-0.05, 0) is 26.3 Å². The highest BCUT2D eigenvalue weighted by atomic mass is 32.2. The van der Waals surface area contributed by atoms with Gasteiger partial charge in [0.15, 0.2) is 23.4 Å². The van der Waals surface area contributed by atoms with Gasteiger partial charge in [-0.25, -0.2) is 23.1 Å². The Balaban J connectivity index is 1.60. The Labute approximate surface area is 199 Å². The molecular formula is C21H19F6N5O2S. The molecule has 0 saturated heterocycles. The first kappa shape index (κ1) is 25.1. The molecule has 2 heterocycles. The third-order valence-corrected chi connectivity index (χ3v) is 7.20. The lowest BCUT2D eigenvalue weighted by molar-refractivity contribution is -0.154. The van der Waals surface area contributed by atoms with Crippen molar-refractivity contribution in [3.63, 3.8) is 0 Å². The zero-order valence-corrected chi connectivity index (χ0v) is 19.2. The Hall–Kier alpha value is -3.03. The van der Waals surface area contributed by atoms with E-state index in [2.05, 4.69) is 25.0 Å². The second kappa shape index (κ2) is 8.57. The first-order valence-corrected chi connectivity index (χ1v) is 11.0. The van der Waals surface area contributed by atoms with Gasteiger partial charge in [-0.15, -0.1) is 0 Å². The average molecular weight is 519 g/mol. The third kappa shape index (κ3) is 4.75. The predicted octanol–water partition coefficient (Wildman–Crippen LogP) is 4.26. The van der Waals surface area contributed by atoms with Crippen LogP contribution in [0.1, 0.15) is 35.1 Å². The zero-order chi connectivity index (χ0) is 25.8. The Morgan fingerprint density at radius 1 is 1.34 bits per heavy atom. The maximum Gasteiger partial charge on any atom is 0.422 e. The van der Waals surface area contributed by atoms with Crippen molar-refractivity contribution < 1.29 is 35.9 Å². The van der Waals surface area contributed by atoms with E-state index in [1.54, 1.807) is 0 Å². The number of ether oxygens (including phenoxy) is 1. The number of fused-ring (bicyclic) bond motifs is 1. The molecule has 3 N–H and O–H groups in total. The molecule has 0 radical (unpaired) electrons. The van der Waals surface area contributed by atoms with Crippen molar-refractivity contribution in [2.75, 3.05) is 18.6 Å². The SMILES string of the molecule is Cc1nc(OCC(F)(F)F)cnc1C(=O)Nc1cc(F)c(F)c([C@@]2(C)N=C(N)S[C@@]3(CF)C[C@H]32)c1. The number of nitrogens with zero attached hydrogens (tertiary/aromatic N) is 3. The number of aromatic nitrogens is 2. The number of aliphatic imine (C=N–C) groups is 1. The van der Waals surface area contributed by atoms with Gasteiger partial charge in [0.25, 0.3) is 5.91 Å². The van der Waals surface area contributed by atoms with Gasteiger partial charge < -0.3 is 15.8 Å². The van der Waals surface area contributed by atoms with Crippen LogP contribution in [0, 0.1) is 24.5 Å². The number of amides is 1. The van der Waals surface area contributed by atoms with Crippen LogP contribution < -0.4 is 15.8 Å². The van der Waals surface area contributed by atoms with Crippen LogP contribution in [0.3, 0.4) is 0 Å². The molecule has 0 unspecified atom stereocenters. The highest BCUT2D eigenvalue weighted by molar-refractivity contribution is 8.15. The summed E-state index contributed by atoms with van der Waals surface area (Å²) in [6.07, 6.45) is -3.38. The fraction of sp³-hybridized carbons (Fsp3) is 0.429. The molecule has 14 heteroatoms. The maximum atomic E-state index is 14.9. The number of nitrogens with two attached hydrogens (primary N) is 1. The van der Waals surface area contributed by atoms with E-state index >= 15 is 0 Å². The molecule has 1 aliphatic heterocycles. The minimum Gasteiger partial charge on any atom is -0.467 e. The molecule has 1 aliphatic carbocycles. The molecule has 1 saturated carbocycles. The second-order valence-corrected chi connectivity index (χ2v) is 9.91. The van der Waals surface area contributed by atoms with E-state index in [1.165, 1.54) is 19.9 Å². The van der Waals surface area contributed by atoms with Gasteiger partial charge in [0.1, 0.15) is 12.4 Å². The van der Waals surface area contributed by atoms with Crippen LogP contribution in [0.25, 0.3) is 0 Å². The van der Waals surface area contributed by atoms with Gasteiger partial charge in [-0.3, -0.25) is 9.79 Å². The molecule has 1 amide bonds. The molecule has 4 rings (SSSR count). The number of thioether (sulfide) groups is 1. The van der Waals surface area contributed by atoms with Crippen LogP contribution in [0.5, 0.6) is 5.88 Å². The van der Waals surface area contributed by atoms with E-state index in [0.29, 0.717) is 6.42 Å². The van der Waals surface area contributed by atoms with Crippen molar-refractivity contribution in [2.45, 2.75) is 36.7 Å². The molecule has 1 fully saturated rings. The zero-order valence-electron chi connectivity index (χ0n) is 18.3. The van der Waals surface area contributed by atoms with Crippen LogP contribution >= 0.6 is 11.8 Å². The van der Waals surface area contributed by atoms with E-state index in [-0.39, 0.29) is 27.8 Å². The lowest BCUT2D eigenvalue weighted by atomic mass is 9.85. The standard InChI is InChI=1S/C21H19F6N5O2S/c1-9-16(29-6-14(30-9)34-8-21(25,26)27)17(33)31-10-3-11(15(24)12(23)4-10)19(2)13-5-20(13,7-22)35-18(28)32-19/h3-4,6,13H,5,7-8H2,1-2H3,(H2,28,32)(H,31,33)/t13-,19+,20+/m0/s1. The fourth-order valence-electron chi connectivity index (χ4n) is 4.20. The van der Waals surface area contributed by atoms with Crippen molar-refractivity contribution in [2.24, 2.45) is 16.6 Å². The Morgan fingerprint density at radius 3 is 2.69 bits per heavy atom. The van der Waals surface area contributed by atoms with Gasteiger partial charge >= 0.3 is 6.18 Å². The number of carbonyl (C=O) groups is 1. The predicted molar refractivity (Wildman–Crippen MR) is 116 cm³/mol. The van der Waals surface area contributed by atoms with Gasteiger partial charge in [0.2, 0.25) is 5.88 Å². The number of amidine groups is 1. The molecule has 2 aromatic rings. The number of anilines is 1. The lowest BCUT2D eigenvalue weighted by Gasteiger charge is -2.33. The largest absolute Gasteiger partial charge is 0.467 e. The minimum atomic E-state index is -4.58. The summed E-state index contributed by atoms with van der Waals surface area (Å²) in [6, 6.07) is 1.94. The molecular weight excluding hydrogens is 500 g/mol. The summed E-state index contributed by atoms with van der Waals surface area (Å²) in [4.78, 5) is 24.5. The van der Waals surface area contributed by atoms with E-state index in [1.807, 2.05) is 0 Å². The normalized spacial score (nSPS) is 25.5. The van der Waals surface area contributed by atoms with Gasteiger partial charge in [-0.1, -0.05) is 11.8 Å². The summed E-state index contributed by atoms with van der Waals surface area (Å²) in [5.74, 6) is -4.21. The highest BCUT2D eigenvalue weighted by Crippen LogP contribution is 2.66. The van der Waals surface area contributed by atoms with Crippen LogP contribution in [-0.2, 0) is 5.54 Å². The summed E-state index contributed by atoms with van der Waals surface area (Å²) in [5.41, 5.74) is 3.84. The van der Waals surface area contributed by atoms with Gasteiger partial charge in [0, 0.05) is 23.2 Å². The molecule has 3 atom stereocenters. The van der Waals surface area contributed by atoms with Crippen molar-refractivity contribution >= 4 is 28.5 Å². The molecule has 7 nitrogen and oxygen atoms in total. The Morgan fingerprint density at radius 2 is 2.06 bits per heavy atom. The van der Waals surface area contributed by atoms with E-state index < -0.39 is 59.1 Å². The van der Waals surface area contributed by atoms with Crippen molar-refractivity contribution in [1.29, 1.82) is 0 Å². The molecule has 35 heavy (non-hydrogen) atoms. The first-order chi connectivity index (χ1) is 16.3. The van der Waals surface area contributed by atoms with E-state index in [9.17, 15) is 31.1 Å². The summed E-state index contributed by atoms with van der Waals surface area (Å²) in [7, 11) is 0. The number of carbonyl (C=O) groups excluding carboxylic acids is 1. The summed E-state index contributed by atoms with van der Waals surface area (Å²) in [6.45, 7) is 0.551. The quantitative estimate of drug-likeness (QED) is 0.553. The summed E-state index contributed by atoms with van der Waals surface area (Å²) >= 11 is 1.07. The van der Waals surface area contributed by atoms with Crippen LogP contribution in [0.2, 0.25) is 0 Å². The van der Waals surface area contributed by atoms with Gasteiger partial charge in [-0.2, -0.15) is 13.2 Å². The molecule has 1 aromatic heterocycles. The number of hydrogen-bond donors (Lipinski definition) is 2. The number of hydrogen-bond acceptors (Lipinski definition) is 7. The van der Waals surface area contributed by atoms with E-state index in [4.69, 9.17) is 5.73 Å². The number of halogens is 6. The van der Waals surface area contributed by atoms with Crippen molar-refractivity contribution in [3.8, 4) is 5.88 Å².